The summed E-state index contributed by atoms with van der Waals surface area (Å²) in [6.07, 6.45) is -4.65. The van der Waals surface area contributed by atoms with E-state index in [0.29, 0.717) is 0 Å². The normalized spacial score (nSPS) is 11.4. The van der Waals surface area contributed by atoms with E-state index in [-0.39, 0.29) is 42.6 Å². The number of hydrogen-bond donors (Lipinski definition) is 1. The summed E-state index contributed by atoms with van der Waals surface area (Å²) < 4.78 is 58.2. The monoisotopic (exact) mass is 370 g/mol. The van der Waals surface area contributed by atoms with Gasteiger partial charge in [0.05, 0.1) is 6.61 Å². The minimum atomic E-state index is -4.76. The molecule has 2 rings (SSSR count). The van der Waals surface area contributed by atoms with Gasteiger partial charge >= 0.3 is 12.1 Å². The lowest BCUT2D eigenvalue weighted by molar-refractivity contribution is -0.143. The molecule has 0 aliphatic heterocycles. The Hall–Kier alpha value is -2.57. The summed E-state index contributed by atoms with van der Waals surface area (Å²) in [5.74, 6) is -1.91. The standard InChI is InChI=1S/C19H18F4O3/c1-2-26-16(24)5-3-4-13-8-11-15(12-6-9-14(20)10-7-12)18(25)17(13)19(21,22)23/h6-11,25H,2-5H2,1H3. The molecule has 140 valence electrons. The van der Waals surface area contributed by atoms with E-state index in [2.05, 4.69) is 0 Å². The van der Waals surface area contributed by atoms with Gasteiger partial charge in [0.1, 0.15) is 17.1 Å². The molecule has 26 heavy (non-hydrogen) atoms. The van der Waals surface area contributed by atoms with Crippen molar-refractivity contribution in [2.75, 3.05) is 6.61 Å². The number of aryl methyl sites for hydroxylation is 1. The molecule has 0 bridgehead atoms. The summed E-state index contributed by atoms with van der Waals surface area (Å²) in [7, 11) is 0. The zero-order valence-corrected chi connectivity index (χ0v) is 14.1. The maximum Gasteiger partial charge on any atom is 0.420 e. The predicted molar refractivity (Wildman–Crippen MR) is 88.1 cm³/mol. The number of rotatable bonds is 6. The first kappa shape index (κ1) is 19.8. The van der Waals surface area contributed by atoms with E-state index in [1.54, 1.807) is 6.92 Å². The molecule has 0 aliphatic carbocycles. The van der Waals surface area contributed by atoms with E-state index in [1.165, 1.54) is 24.3 Å². The van der Waals surface area contributed by atoms with E-state index < -0.39 is 29.3 Å². The van der Waals surface area contributed by atoms with Gasteiger partial charge in [-0.1, -0.05) is 24.3 Å². The molecule has 0 atom stereocenters. The van der Waals surface area contributed by atoms with Gasteiger partial charge in [-0.05, 0) is 43.0 Å². The van der Waals surface area contributed by atoms with Crippen molar-refractivity contribution < 1.29 is 32.2 Å². The van der Waals surface area contributed by atoms with Crippen molar-refractivity contribution in [2.45, 2.75) is 32.4 Å². The second-order valence-corrected chi connectivity index (χ2v) is 5.66. The van der Waals surface area contributed by atoms with Crippen molar-refractivity contribution in [3.05, 3.63) is 53.3 Å². The molecule has 0 fully saturated rings. The number of ether oxygens (including phenoxy) is 1. The molecule has 0 saturated heterocycles. The van der Waals surface area contributed by atoms with Crippen LogP contribution in [0.25, 0.3) is 11.1 Å². The van der Waals surface area contributed by atoms with Crippen molar-refractivity contribution in [3.63, 3.8) is 0 Å². The average Bonchev–Trinajstić information content (AvgIpc) is 2.55. The first-order valence-corrected chi connectivity index (χ1v) is 8.07. The van der Waals surface area contributed by atoms with Crippen LogP contribution in [0, 0.1) is 5.82 Å². The third-order valence-corrected chi connectivity index (χ3v) is 3.84. The van der Waals surface area contributed by atoms with Gasteiger partial charge in [-0.25, -0.2) is 4.39 Å². The lowest BCUT2D eigenvalue weighted by Gasteiger charge is -2.17. The maximum atomic E-state index is 13.5. The molecule has 0 spiro atoms. The van der Waals surface area contributed by atoms with E-state index in [0.717, 1.165) is 12.1 Å². The van der Waals surface area contributed by atoms with Crippen LogP contribution >= 0.6 is 0 Å². The molecule has 0 amide bonds. The van der Waals surface area contributed by atoms with E-state index in [1.807, 2.05) is 0 Å². The summed E-state index contributed by atoms with van der Waals surface area (Å²) in [6.45, 7) is 1.85. The number of alkyl halides is 3. The molecule has 3 nitrogen and oxygen atoms in total. The maximum absolute atomic E-state index is 13.5. The number of esters is 1. The third kappa shape index (κ3) is 4.74. The van der Waals surface area contributed by atoms with Crippen LogP contribution in [0.15, 0.2) is 36.4 Å². The average molecular weight is 370 g/mol. The van der Waals surface area contributed by atoms with Gasteiger partial charge in [-0.3, -0.25) is 4.79 Å². The number of aromatic hydroxyl groups is 1. The smallest absolute Gasteiger partial charge is 0.420 e. The van der Waals surface area contributed by atoms with E-state index in [9.17, 15) is 27.5 Å². The van der Waals surface area contributed by atoms with E-state index in [4.69, 9.17) is 4.74 Å². The largest absolute Gasteiger partial charge is 0.507 e. The summed E-state index contributed by atoms with van der Waals surface area (Å²) in [4.78, 5) is 11.3. The Morgan fingerprint density at radius 3 is 2.35 bits per heavy atom. The van der Waals surface area contributed by atoms with Crippen molar-refractivity contribution in [1.29, 1.82) is 0 Å². The molecule has 1 N–H and O–H groups in total. The molecule has 0 saturated carbocycles. The van der Waals surface area contributed by atoms with Crippen LogP contribution < -0.4 is 0 Å². The zero-order valence-electron chi connectivity index (χ0n) is 14.1. The minimum Gasteiger partial charge on any atom is -0.507 e. The van der Waals surface area contributed by atoms with Gasteiger partial charge < -0.3 is 9.84 Å². The summed E-state index contributed by atoms with van der Waals surface area (Å²) in [6, 6.07) is 7.43. The number of hydrogen-bond acceptors (Lipinski definition) is 3. The predicted octanol–water partition coefficient (Wildman–Crippen LogP) is 5.10. The van der Waals surface area contributed by atoms with Gasteiger partial charge in [0, 0.05) is 12.0 Å². The first-order valence-electron chi connectivity index (χ1n) is 8.07. The molecule has 0 heterocycles. The Bertz CT molecular complexity index is 768. The molecule has 0 radical (unpaired) electrons. The van der Waals surface area contributed by atoms with Crippen molar-refractivity contribution >= 4 is 5.97 Å². The molecule has 2 aromatic rings. The van der Waals surface area contributed by atoms with Gasteiger partial charge in [0.25, 0.3) is 0 Å². The fourth-order valence-electron chi connectivity index (χ4n) is 2.68. The van der Waals surface area contributed by atoms with E-state index >= 15 is 0 Å². The lowest BCUT2D eigenvalue weighted by atomic mass is 9.94. The number of carbonyl (C=O) groups is 1. The Balaban J connectivity index is 2.33. The number of phenolic OH excluding ortho intramolecular Hbond substituents is 1. The van der Waals surface area contributed by atoms with Crippen LogP contribution in [0.2, 0.25) is 0 Å². The topological polar surface area (TPSA) is 46.5 Å². The lowest BCUT2D eigenvalue weighted by Crippen LogP contribution is -2.11. The van der Waals surface area contributed by atoms with Gasteiger partial charge in [0.2, 0.25) is 0 Å². The van der Waals surface area contributed by atoms with Gasteiger partial charge in [0.15, 0.2) is 0 Å². The highest BCUT2D eigenvalue weighted by Gasteiger charge is 2.37. The summed E-state index contributed by atoms with van der Waals surface area (Å²) in [5, 5.41) is 10.2. The number of halogens is 4. The van der Waals surface area contributed by atoms with Crippen molar-refractivity contribution in [1.82, 2.24) is 0 Å². The molecule has 7 heteroatoms. The Kier molecular flexibility index (Phi) is 6.23. The Morgan fingerprint density at radius 1 is 1.12 bits per heavy atom. The zero-order chi connectivity index (χ0) is 19.3. The number of carbonyl (C=O) groups excluding carboxylic acids is 1. The second kappa shape index (κ2) is 8.21. The molecular formula is C19H18F4O3. The van der Waals surface area contributed by atoms with Crippen LogP contribution in [0.4, 0.5) is 17.6 Å². The van der Waals surface area contributed by atoms with Crippen molar-refractivity contribution in [3.8, 4) is 16.9 Å². The van der Waals surface area contributed by atoms with Crippen LogP contribution in [0.5, 0.6) is 5.75 Å². The fraction of sp³-hybridized carbons (Fsp3) is 0.316. The molecule has 2 aromatic carbocycles. The number of benzene rings is 2. The van der Waals surface area contributed by atoms with Crippen LogP contribution in [-0.4, -0.2) is 17.7 Å². The first-order chi connectivity index (χ1) is 12.2. The molecule has 0 aliphatic rings. The Morgan fingerprint density at radius 2 is 1.77 bits per heavy atom. The molecule has 0 unspecified atom stereocenters. The fourth-order valence-corrected chi connectivity index (χ4v) is 2.68. The summed E-state index contributed by atoms with van der Waals surface area (Å²) >= 11 is 0. The summed E-state index contributed by atoms with van der Waals surface area (Å²) in [5.41, 5.74) is -1.01. The quantitative estimate of drug-likeness (QED) is 0.568. The highest BCUT2D eigenvalue weighted by Crippen LogP contribution is 2.43. The van der Waals surface area contributed by atoms with Gasteiger partial charge in [-0.2, -0.15) is 13.2 Å². The highest BCUT2D eigenvalue weighted by atomic mass is 19.4. The number of phenols is 1. The molecular weight excluding hydrogens is 352 g/mol. The SMILES string of the molecule is CCOC(=O)CCCc1ccc(-c2ccc(F)cc2)c(O)c1C(F)(F)F. The van der Waals surface area contributed by atoms with Crippen LogP contribution in [0.1, 0.15) is 30.9 Å². The third-order valence-electron chi connectivity index (χ3n) is 3.84. The van der Waals surface area contributed by atoms with Crippen LogP contribution in [-0.2, 0) is 22.1 Å². The minimum absolute atomic E-state index is 0.00832. The highest BCUT2D eigenvalue weighted by molar-refractivity contribution is 5.73. The molecule has 0 aromatic heterocycles. The van der Waals surface area contributed by atoms with Crippen molar-refractivity contribution in [2.24, 2.45) is 0 Å². The van der Waals surface area contributed by atoms with Crippen LogP contribution in [0.3, 0.4) is 0 Å². The van der Waals surface area contributed by atoms with Gasteiger partial charge in [-0.15, -0.1) is 0 Å². The Labute approximate surface area is 148 Å². The second-order valence-electron chi connectivity index (χ2n) is 5.66.